The minimum atomic E-state index is -1.01. The molecule has 0 saturated carbocycles. The van der Waals surface area contributed by atoms with Crippen LogP contribution in [-0.4, -0.2) is 97.7 Å². The molecular formula is C33H45ClN2O7S. The zero-order valence-electron chi connectivity index (χ0n) is 26.2. The summed E-state index contributed by atoms with van der Waals surface area (Å²) in [5.74, 6) is 0.0265. The van der Waals surface area contributed by atoms with E-state index in [-0.39, 0.29) is 25.1 Å². The summed E-state index contributed by atoms with van der Waals surface area (Å²) in [6, 6.07) is 22.3. The maximum Gasteiger partial charge on any atom is 0.269 e. The van der Waals surface area contributed by atoms with Crippen LogP contribution in [0.2, 0.25) is 0 Å². The van der Waals surface area contributed by atoms with Gasteiger partial charge in [-0.25, -0.2) is 0 Å². The highest BCUT2D eigenvalue weighted by molar-refractivity contribution is 7.80. The summed E-state index contributed by atoms with van der Waals surface area (Å²) < 4.78 is 28.8. The number of halogens is 1. The topological polar surface area (TPSA) is 93.1 Å². The SMILES string of the molecule is CN(C)CCCOC1C(C(O)CO)OC2OC(C)(C)OC21.Cc1cccc(N(C)C(=S)Oc2ccc3ccccc3c2)c1.Cl. The van der Waals surface area contributed by atoms with Gasteiger partial charge in [-0.2, -0.15) is 0 Å². The largest absolute Gasteiger partial charge is 0.432 e. The van der Waals surface area contributed by atoms with E-state index in [1.54, 1.807) is 0 Å². The standard InChI is InChI=1S/C19H17NOS.C14H27NO6.ClH/c1-14-6-5-9-17(12-14)20(2)19(22)21-18-11-10-15-7-3-4-8-16(15)13-18;1-14(2)20-12-11(18-7-5-6-15(3)4)10(9(17)8-16)19-13(12)21-14;/h3-13H,1-2H3;9-13,16-17H,5-8H2,1-4H3;1H. The summed E-state index contributed by atoms with van der Waals surface area (Å²) in [5.41, 5.74) is 2.21. The van der Waals surface area contributed by atoms with Crippen molar-refractivity contribution in [3.05, 3.63) is 72.3 Å². The number of aliphatic hydroxyl groups is 2. The molecule has 3 aromatic carbocycles. The van der Waals surface area contributed by atoms with E-state index in [2.05, 4.69) is 36.1 Å². The van der Waals surface area contributed by atoms with Gasteiger partial charge in [0, 0.05) is 19.3 Å². The van der Waals surface area contributed by atoms with Crippen LogP contribution < -0.4 is 9.64 Å². The molecule has 2 aliphatic rings. The quantitative estimate of drug-likeness (QED) is 0.246. The van der Waals surface area contributed by atoms with Crippen LogP contribution in [-0.2, 0) is 18.9 Å². The number of hydrogen-bond donors (Lipinski definition) is 2. The summed E-state index contributed by atoms with van der Waals surface area (Å²) in [6.07, 6.45) is -2.17. The summed E-state index contributed by atoms with van der Waals surface area (Å²) in [7, 11) is 5.92. The fourth-order valence-electron chi connectivity index (χ4n) is 5.05. The lowest BCUT2D eigenvalue weighted by atomic mass is 10.1. The highest BCUT2D eigenvalue weighted by Crippen LogP contribution is 2.39. The molecule has 2 saturated heterocycles. The lowest BCUT2D eigenvalue weighted by Crippen LogP contribution is -2.44. The second-order valence-electron chi connectivity index (χ2n) is 11.6. The average molecular weight is 649 g/mol. The highest BCUT2D eigenvalue weighted by Gasteiger charge is 2.56. The van der Waals surface area contributed by atoms with Gasteiger partial charge in [-0.3, -0.25) is 0 Å². The highest BCUT2D eigenvalue weighted by atomic mass is 35.5. The molecule has 0 spiro atoms. The van der Waals surface area contributed by atoms with Gasteiger partial charge >= 0.3 is 0 Å². The molecule has 0 aliphatic carbocycles. The van der Waals surface area contributed by atoms with Crippen LogP contribution in [0.5, 0.6) is 5.75 Å². The van der Waals surface area contributed by atoms with E-state index in [0.29, 0.717) is 11.8 Å². The van der Waals surface area contributed by atoms with Gasteiger partial charge in [0.2, 0.25) is 0 Å². The molecule has 242 valence electrons. The van der Waals surface area contributed by atoms with Crippen molar-refractivity contribution in [2.24, 2.45) is 0 Å². The molecule has 0 radical (unpaired) electrons. The van der Waals surface area contributed by atoms with Crippen LogP contribution in [0.1, 0.15) is 25.8 Å². The van der Waals surface area contributed by atoms with E-state index in [0.717, 1.165) is 29.8 Å². The minimum absolute atomic E-state index is 0. The number of anilines is 1. The van der Waals surface area contributed by atoms with Gasteiger partial charge in [0.15, 0.2) is 12.1 Å². The fourth-order valence-corrected chi connectivity index (χ4v) is 5.25. The van der Waals surface area contributed by atoms with Crippen LogP contribution in [0.4, 0.5) is 5.69 Å². The Labute approximate surface area is 272 Å². The van der Waals surface area contributed by atoms with Crippen molar-refractivity contribution in [2.75, 3.05) is 45.8 Å². The molecule has 3 aromatic rings. The van der Waals surface area contributed by atoms with Crippen molar-refractivity contribution in [3.8, 4) is 5.75 Å². The normalized spacial score (nSPS) is 22.5. The predicted molar refractivity (Wildman–Crippen MR) is 179 cm³/mol. The molecule has 2 fully saturated rings. The van der Waals surface area contributed by atoms with Crippen molar-refractivity contribution in [2.45, 2.75) is 63.7 Å². The molecule has 9 nitrogen and oxygen atoms in total. The Morgan fingerprint density at radius 1 is 1.00 bits per heavy atom. The molecule has 2 N–H and O–H groups in total. The van der Waals surface area contributed by atoms with Crippen molar-refractivity contribution >= 4 is 46.3 Å². The molecule has 44 heavy (non-hydrogen) atoms. The zero-order chi connectivity index (χ0) is 31.1. The second kappa shape index (κ2) is 16.3. The number of aryl methyl sites for hydroxylation is 1. The first kappa shape index (κ1) is 36.1. The van der Waals surface area contributed by atoms with E-state index < -0.39 is 30.4 Å². The molecule has 5 unspecified atom stereocenters. The van der Waals surface area contributed by atoms with Crippen LogP contribution in [0, 0.1) is 6.92 Å². The third-order valence-electron chi connectivity index (χ3n) is 7.24. The zero-order valence-corrected chi connectivity index (χ0v) is 27.8. The summed E-state index contributed by atoms with van der Waals surface area (Å²) in [6.45, 7) is 6.76. The van der Waals surface area contributed by atoms with Crippen molar-refractivity contribution in [1.29, 1.82) is 0 Å². The Bertz CT molecular complexity index is 1360. The maximum atomic E-state index is 9.88. The van der Waals surface area contributed by atoms with E-state index in [1.165, 1.54) is 10.9 Å². The third-order valence-corrected chi connectivity index (χ3v) is 7.60. The van der Waals surface area contributed by atoms with E-state index in [9.17, 15) is 5.11 Å². The number of fused-ring (bicyclic) bond motifs is 2. The Hall–Kier alpha value is -2.38. The van der Waals surface area contributed by atoms with Crippen LogP contribution >= 0.6 is 24.6 Å². The van der Waals surface area contributed by atoms with Crippen molar-refractivity contribution in [3.63, 3.8) is 0 Å². The van der Waals surface area contributed by atoms with Gasteiger partial charge in [-0.1, -0.05) is 42.5 Å². The lowest BCUT2D eigenvalue weighted by molar-refractivity contribution is -0.231. The Kier molecular flexibility index (Phi) is 13.3. The number of nitrogens with zero attached hydrogens (tertiary/aromatic N) is 2. The average Bonchev–Trinajstić information content (AvgIpc) is 3.46. The molecule has 0 bridgehead atoms. The van der Waals surface area contributed by atoms with Crippen LogP contribution in [0.3, 0.4) is 0 Å². The Morgan fingerprint density at radius 3 is 2.41 bits per heavy atom. The summed E-state index contributed by atoms with van der Waals surface area (Å²) >= 11 is 5.41. The Morgan fingerprint density at radius 2 is 1.73 bits per heavy atom. The van der Waals surface area contributed by atoms with Crippen molar-refractivity contribution in [1.82, 2.24) is 4.90 Å². The second-order valence-corrected chi connectivity index (χ2v) is 11.9. The monoisotopic (exact) mass is 648 g/mol. The molecule has 2 heterocycles. The molecule has 5 atom stereocenters. The summed E-state index contributed by atoms with van der Waals surface area (Å²) in [4.78, 5) is 3.95. The molecule has 5 rings (SSSR count). The van der Waals surface area contributed by atoms with E-state index in [4.69, 9.17) is 41.0 Å². The fraction of sp³-hybridized carbons (Fsp3) is 0.485. The molecule has 0 aromatic heterocycles. The van der Waals surface area contributed by atoms with Crippen molar-refractivity contribution < 1.29 is 33.9 Å². The molecule has 2 aliphatic heterocycles. The van der Waals surface area contributed by atoms with Gasteiger partial charge in [0.1, 0.15) is 30.2 Å². The first-order valence-electron chi connectivity index (χ1n) is 14.5. The first-order chi connectivity index (χ1) is 20.5. The van der Waals surface area contributed by atoms with Gasteiger partial charge in [0.25, 0.3) is 5.17 Å². The Balaban J connectivity index is 0.000000235. The van der Waals surface area contributed by atoms with E-state index >= 15 is 0 Å². The minimum Gasteiger partial charge on any atom is -0.432 e. The molecule has 11 heteroatoms. The maximum absolute atomic E-state index is 9.88. The number of hydrogen-bond acceptors (Lipinski definition) is 9. The van der Waals surface area contributed by atoms with Crippen LogP contribution in [0.25, 0.3) is 10.8 Å². The number of rotatable bonds is 9. The van der Waals surface area contributed by atoms with Crippen LogP contribution in [0.15, 0.2) is 66.7 Å². The molecule has 0 amide bonds. The number of benzene rings is 3. The lowest BCUT2D eigenvalue weighted by Gasteiger charge is -2.28. The number of aliphatic hydroxyl groups excluding tert-OH is 2. The van der Waals surface area contributed by atoms with Gasteiger partial charge in [0.05, 0.1) is 6.61 Å². The summed E-state index contributed by atoms with van der Waals surface area (Å²) in [5, 5.41) is 21.8. The first-order valence-corrected chi connectivity index (χ1v) is 15.0. The number of ether oxygens (including phenoxy) is 5. The predicted octanol–water partition coefficient (Wildman–Crippen LogP) is 4.92. The van der Waals surface area contributed by atoms with Gasteiger partial charge in [-0.15, -0.1) is 12.4 Å². The van der Waals surface area contributed by atoms with Gasteiger partial charge in [-0.05, 0) is 101 Å². The number of thiocarbonyl (C=S) groups is 1. The third kappa shape index (κ3) is 9.56. The smallest absolute Gasteiger partial charge is 0.269 e. The molecular weight excluding hydrogens is 604 g/mol. The van der Waals surface area contributed by atoms with Gasteiger partial charge < -0.3 is 43.7 Å². The van der Waals surface area contributed by atoms with E-state index in [1.807, 2.05) is 82.4 Å².